The highest BCUT2D eigenvalue weighted by atomic mass is 14.5. The van der Waals surface area contributed by atoms with Crippen LogP contribution in [-0.2, 0) is 10.8 Å². The van der Waals surface area contributed by atoms with Crippen molar-refractivity contribution in [2.75, 3.05) is 0 Å². The van der Waals surface area contributed by atoms with E-state index in [0.29, 0.717) is 0 Å². The van der Waals surface area contributed by atoms with Gasteiger partial charge >= 0.3 is 0 Å². The fraction of sp³-hybridized carbons (Fsp3) is 0.0625. The van der Waals surface area contributed by atoms with E-state index in [9.17, 15) is 0 Å². The lowest BCUT2D eigenvalue weighted by Gasteiger charge is -2.30. The monoisotopic (exact) mass is 810 g/mol. The van der Waals surface area contributed by atoms with Crippen molar-refractivity contribution in [1.82, 2.24) is 0 Å². The van der Waals surface area contributed by atoms with Crippen molar-refractivity contribution in [2.45, 2.75) is 24.7 Å². The molecule has 0 saturated heterocycles. The smallest absolute Gasteiger partial charge is 0.0619 e. The Kier molecular flexibility index (Phi) is 7.20. The molecule has 0 aromatic heterocycles. The van der Waals surface area contributed by atoms with Gasteiger partial charge in [-0.3, -0.25) is 0 Å². The molecule has 64 heavy (non-hydrogen) atoms. The molecular formula is C64H42. The third-order valence-corrected chi connectivity index (χ3v) is 15.2. The maximum atomic E-state index is 2.54. The van der Waals surface area contributed by atoms with E-state index in [1.165, 1.54) is 132 Å². The summed E-state index contributed by atoms with van der Waals surface area (Å²) in [6, 6.07) is 82.8. The maximum Gasteiger partial charge on any atom is 0.0725 e. The van der Waals surface area contributed by atoms with Gasteiger partial charge in [-0.25, -0.2) is 0 Å². The van der Waals surface area contributed by atoms with Crippen molar-refractivity contribution in [3.8, 4) is 66.8 Å². The fourth-order valence-electron chi connectivity index (χ4n) is 12.5. The van der Waals surface area contributed by atoms with Crippen LogP contribution in [0.1, 0.15) is 47.2 Å². The molecule has 0 radical (unpaired) electrons. The first kappa shape index (κ1) is 35.8. The van der Waals surface area contributed by atoms with Crippen molar-refractivity contribution < 1.29 is 0 Å². The first-order valence-corrected chi connectivity index (χ1v) is 22.7. The third-order valence-electron chi connectivity index (χ3n) is 15.2. The Morgan fingerprint density at radius 1 is 0.250 bits per heavy atom. The molecule has 0 aliphatic heterocycles. The number of hydrogen-bond acceptors (Lipinski definition) is 0. The molecule has 298 valence electrons. The first-order valence-electron chi connectivity index (χ1n) is 22.7. The summed E-state index contributed by atoms with van der Waals surface area (Å²) in [4.78, 5) is 0. The first-order chi connectivity index (χ1) is 31.5. The van der Waals surface area contributed by atoms with Crippen LogP contribution in [0.3, 0.4) is 0 Å². The minimum absolute atomic E-state index is 0.0653. The molecule has 0 atom stereocenters. The van der Waals surface area contributed by atoms with Gasteiger partial charge in [0.2, 0.25) is 0 Å². The fourth-order valence-corrected chi connectivity index (χ4v) is 12.5. The lowest BCUT2D eigenvalue weighted by Crippen LogP contribution is -2.25. The van der Waals surface area contributed by atoms with Crippen LogP contribution in [-0.4, -0.2) is 0 Å². The Morgan fingerprint density at radius 3 is 1.28 bits per heavy atom. The zero-order valence-corrected chi connectivity index (χ0v) is 35.8. The van der Waals surface area contributed by atoms with Gasteiger partial charge < -0.3 is 0 Å². The molecular weight excluding hydrogens is 769 g/mol. The van der Waals surface area contributed by atoms with Crippen molar-refractivity contribution in [3.05, 3.63) is 252 Å². The van der Waals surface area contributed by atoms with E-state index in [1.807, 2.05) is 0 Å². The second-order valence-corrected chi connectivity index (χ2v) is 18.7. The van der Waals surface area contributed by atoms with Gasteiger partial charge in [-0.2, -0.15) is 0 Å². The molecule has 0 saturated carbocycles. The normalized spacial score (nSPS) is 14.3. The van der Waals surface area contributed by atoms with Crippen molar-refractivity contribution in [2.24, 2.45) is 0 Å². The summed E-state index contributed by atoms with van der Waals surface area (Å²) < 4.78 is 0. The molecule has 0 heterocycles. The quantitative estimate of drug-likeness (QED) is 0.156. The minimum atomic E-state index is -0.399. The van der Waals surface area contributed by atoms with Crippen LogP contribution in [0.2, 0.25) is 0 Å². The van der Waals surface area contributed by atoms with Crippen LogP contribution in [0.4, 0.5) is 0 Å². The Bertz CT molecular complexity index is 3700. The van der Waals surface area contributed by atoms with E-state index in [0.717, 1.165) is 0 Å². The second kappa shape index (κ2) is 12.9. The minimum Gasteiger partial charge on any atom is -0.0619 e. The Labute approximate surface area is 373 Å². The zero-order valence-electron chi connectivity index (χ0n) is 35.8. The zero-order chi connectivity index (χ0) is 42.3. The molecule has 3 aliphatic rings. The van der Waals surface area contributed by atoms with E-state index < -0.39 is 5.41 Å². The van der Waals surface area contributed by atoms with Gasteiger partial charge in [0, 0.05) is 5.41 Å². The summed E-state index contributed by atoms with van der Waals surface area (Å²) in [5, 5.41) is 7.65. The van der Waals surface area contributed by atoms with Crippen molar-refractivity contribution in [3.63, 3.8) is 0 Å². The molecule has 0 nitrogen and oxygen atoms in total. The van der Waals surface area contributed by atoms with Gasteiger partial charge in [0.05, 0.1) is 5.41 Å². The van der Waals surface area contributed by atoms with Gasteiger partial charge in [0.25, 0.3) is 0 Å². The molecule has 14 rings (SSSR count). The van der Waals surface area contributed by atoms with Crippen LogP contribution in [0.15, 0.2) is 218 Å². The summed E-state index contributed by atoms with van der Waals surface area (Å²) in [5.41, 5.74) is 23.3. The maximum absolute atomic E-state index is 2.54. The molecule has 0 heteroatoms. The number of rotatable bonds is 3. The van der Waals surface area contributed by atoms with E-state index in [-0.39, 0.29) is 5.41 Å². The van der Waals surface area contributed by atoms with Gasteiger partial charge in [-0.1, -0.05) is 202 Å². The van der Waals surface area contributed by atoms with Gasteiger partial charge in [-0.05, 0) is 163 Å². The molecule has 0 fully saturated rings. The summed E-state index contributed by atoms with van der Waals surface area (Å²) in [5.74, 6) is 0. The lowest BCUT2D eigenvalue weighted by atomic mass is 9.70. The van der Waals surface area contributed by atoms with Crippen molar-refractivity contribution in [1.29, 1.82) is 0 Å². The van der Waals surface area contributed by atoms with Gasteiger partial charge in [0.15, 0.2) is 0 Å². The summed E-state index contributed by atoms with van der Waals surface area (Å²) >= 11 is 0. The summed E-state index contributed by atoms with van der Waals surface area (Å²) in [7, 11) is 0. The Morgan fingerprint density at radius 2 is 0.688 bits per heavy atom. The van der Waals surface area contributed by atoms with Crippen molar-refractivity contribution >= 4 is 32.3 Å². The Hall–Kier alpha value is -7.80. The largest absolute Gasteiger partial charge is 0.0725 e. The van der Waals surface area contributed by atoms with E-state index in [1.54, 1.807) is 0 Å². The van der Waals surface area contributed by atoms with E-state index in [2.05, 4.69) is 232 Å². The molecule has 11 aromatic carbocycles. The number of benzene rings is 11. The van der Waals surface area contributed by atoms with Crippen LogP contribution in [0, 0.1) is 0 Å². The third kappa shape index (κ3) is 4.62. The molecule has 1 spiro atoms. The van der Waals surface area contributed by atoms with Crippen LogP contribution in [0.25, 0.3) is 99.1 Å². The highest BCUT2D eigenvalue weighted by molar-refractivity contribution is 6.21. The van der Waals surface area contributed by atoms with Crippen LogP contribution >= 0.6 is 0 Å². The molecule has 0 unspecified atom stereocenters. The highest BCUT2D eigenvalue weighted by Gasteiger charge is 2.51. The molecule has 11 aromatic rings. The molecule has 0 N–H and O–H groups in total. The van der Waals surface area contributed by atoms with Gasteiger partial charge in [0.1, 0.15) is 0 Å². The molecule has 3 aliphatic carbocycles. The summed E-state index contributed by atoms with van der Waals surface area (Å²) in [6.07, 6.45) is 0. The lowest BCUT2D eigenvalue weighted by molar-refractivity contribution is 0.661. The average Bonchev–Trinajstić information content (AvgIpc) is 3.90. The predicted octanol–water partition coefficient (Wildman–Crippen LogP) is 16.8. The standard InChI is InChI=1S/C64H42/c1-63(2)55-33-31-42(36-53(55)54-35-40-16-3-4-17-41(40)37-59(54)63)39-18-15-19-43(34-39)61-49-23-5-7-25-51(49)62(52-26-8-6-24-50(52)61)44-30-32-48-47-22-11-14-29-58(47)64(60(48)38-44)56-27-12-9-20-45(56)46-21-10-13-28-57(46)64/h3-38H,1-2H3. The molecule has 0 amide bonds. The van der Waals surface area contributed by atoms with E-state index >= 15 is 0 Å². The SMILES string of the molecule is CC1(C)c2ccc(-c3cccc(-c4c5ccccc5c(-c5ccc6c(c5)C5(c7ccccc7-c7ccccc75)c5ccccc5-6)c5ccccc45)c3)cc2-c2cc3ccccc3cc21. The average molecular weight is 811 g/mol. The second-order valence-electron chi connectivity index (χ2n) is 18.7. The van der Waals surface area contributed by atoms with Gasteiger partial charge in [-0.15, -0.1) is 0 Å². The topological polar surface area (TPSA) is 0 Å². The van der Waals surface area contributed by atoms with Crippen LogP contribution < -0.4 is 0 Å². The predicted molar refractivity (Wildman–Crippen MR) is 269 cm³/mol. The van der Waals surface area contributed by atoms with Crippen LogP contribution in [0.5, 0.6) is 0 Å². The van der Waals surface area contributed by atoms with E-state index in [4.69, 9.17) is 0 Å². The molecule has 0 bridgehead atoms. The number of hydrogen-bond donors (Lipinski definition) is 0. The number of fused-ring (bicyclic) bond motifs is 16. The summed E-state index contributed by atoms with van der Waals surface area (Å²) in [6.45, 7) is 4.75. The Balaban J connectivity index is 0.961. The highest BCUT2D eigenvalue weighted by Crippen LogP contribution is 2.63.